The van der Waals surface area contributed by atoms with Crippen LogP contribution in [0.15, 0.2) is 36.4 Å². The Labute approximate surface area is 170 Å². The number of likely N-dealkylation sites (tertiary alicyclic amines) is 1. The van der Waals surface area contributed by atoms with Crippen molar-refractivity contribution >= 4 is 5.78 Å². The van der Waals surface area contributed by atoms with Gasteiger partial charge in [-0.25, -0.2) is 4.98 Å². The number of carbonyl (C=O) groups excluding carboxylic acids is 1. The minimum Gasteiger partial charge on any atom is -0.503 e. The highest BCUT2D eigenvalue weighted by molar-refractivity contribution is 5.96. The summed E-state index contributed by atoms with van der Waals surface area (Å²) in [5.41, 5.74) is 0.317. The van der Waals surface area contributed by atoms with Crippen molar-refractivity contribution in [3.63, 3.8) is 0 Å². The fraction of sp³-hybridized carbons (Fsp3) is 0.455. The number of aromatic nitrogens is 1. The van der Waals surface area contributed by atoms with E-state index in [4.69, 9.17) is 14.2 Å². The van der Waals surface area contributed by atoms with Crippen molar-refractivity contribution in [3.8, 4) is 23.1 Å². The van der Waals surface area contributed by atoms with Crippen LogP contribution >= 0.6 is 0 Å². The molecule has 1 saturated carbocycles. The van der Waals surface area contributed by atoms with Gasteiger partial charge in [0.1, 0.15) is 17.2 Å². The van der Waals surface area contributed by atoms with Crippen LogP contribution in [0.2, 0.25) is 0 Å². The summed E-state index contributed by atoms with van der Waals surface area (Å²) in [6.07, 6.45) is 2.23. The quantitative estimate of drug-likeness (QED) is 0.718. The van der Waals surface area contributed by atoms with Crippen molar-refractivity contribution in [1.29, 1.82) is 0 Å². The number of nitrogens with zero attached hydrogens (tertiary/aromatic N) is 2. The molecule has 1 aliphatic heterocycles. The maximum absolute atomic E-state index is 12.6. The molecule has 0 bridgehead atoms. The molecule has 1 saturated heterocycles. The van der Waals surface area contributed by atoms with Gasteiger partial charge in [-0.15, -0.1) is 0 Å². The highest BCUT2D eigenvalue weighted by Gasteiger charge is 2.42. The van der Waals surface area contributed by atoms with Crippen LogP contribution in [-0.2, 0) is 0 Å². The Morgan fingerprint density at radius 1 is 1.03 bits per heavy atom. The Morgan fingerprint density at radius 3 is 2.31 bits per heavy atom. The topological polar surface area (TPSA) is 81.1 Å². The van der Waals surface area contributed by atoms with Gasteiger partial charge in [-0.3, -0.25) is 9.69 Å². The third-order valence-electron chi connectivity index (χ3n) is 5.83. The van der Waals surface area contributed by atoms with Crippen LogP contribution in [0.5, 0.6) is 23.1 Å². The molecule has 1 N–H and O–H groups in total. The summed E-state index contributed by atoms with van der Waals surface area (Å²) in [5.74, 6) is 2.74. The summed E-state index contributed by atoms with van der Waals surface area (Å²) in [5, 5.41) is 9.64. The Kier molecular flexibility index (Phi) is 5.58. The average molecular weight is 398 g/mol. The van der Waals surface area contributed by atoms with Gasteiger partial charge in [0.05, 0.1) is 26.9 Å². The monoisotopic (exact) mass is 398 g/mol. The highest BCUT2D eigenvalue weighted by atomic mass is 16.5. The number of carbonyl (C=O) groups is 1. The third kappa shape index (κ3) is 4.29. The molecule has 2 fully saturated rings. The number of Topliss-reactive ketones (excluding diaryl/α,β-unsaturated/α-hetero) is 1. The second-order valence-electron chi connectivity index (χ2n) is 7.75. The standard InChI is InChI=1S/C22H26N2O5/c1-27-16-3-5-17(6-4-16)29-18-9-14-11-24(12-15(14)10-18)13-21(26)19-7-8-20(25)22(23-19)28-2/h3-8,14-15,18,25H,9-13H2,1-2H3/t14-,15+,18-. The molecule has 2 aliphatic rings. The molecule has 4 rings (SSSR count). The zero-order valence-corrected chi connectivity index (χ0v) is 16.7. The first-order chi connectivity index (χ1) is 14.1. The van der Waals surface area contributed by atoms with E-state index in [1.165, 1.54) is 19.2 Å². The molecule has 0 radical (unpaired) electrons. The van der Waals surface area contributed by atoms with Gasteiger partial charge in [-0.2, -0.15) is 0 Å². The number of ether oxygens (including phenoxy) is 3. The number of rotatable bonds is 7. The molecule has 7 nitrogen and oxygen atoms in total. The van der Waals surface area contributed by atoms with E-state index in [9.17, 15) is 9.90 Å². The van der Waals surface area contributed by atoms with Gasteiger partial charge >= 0.3 is 0 Å². The lowest BCUT2D eigenvalue weighted by Crippen LogP contribution is -2.30. The van der Waals surface area contributed by atoms with Crippen LogP contribution in [0.3, 0.4) is 0 Å². The Hall–Kier alpha value is -2.80. The fourth-order valence-electron chi connectivity index (χ4n) is 4.44. The molecule has 2 heterocycles. The summed E-state index contributed by atoms with van der Waals surface area (Å²) < 4.78 is 16.3. The predicted octanol–water partition coefficient (Wildman–Crippen LogP) is 2.78. The third-order valence-corrected chi connectivity index (χ3v) is 5.83. The fourth-order valence-corrected chi connectivity index (χ4v) is 4.44. The van der Waals surface area contributed by atoms with Crippen LogP contribution in [-0.4, -0.2) is 60.7 Å². The Balaban J connectivity index is 1.29. The average Bonchev–Trinajstić information content (AvgIpc) is 3.26. The van der Waals surface area contributed by atoms with Gasteiger partial charge in [0.25, 0.3) is 5.88 Å². The first-order valence-electron chi connectivity index (χ1n) is 9.86. The Morgan fingerprint density at radius 2 is 1.69 bits per heavy atom. The van der Waals surface area contributed by atoms with Gasteiger partial charge in [-0.05, 0) is 61.1 Å². The SMILES string of the molecule is COc1ccc(O[C@@H]2C[C@@H]3CN(CC(=O)c4ccc(O)c(OC)n4)C[C@@H]3C2)cc1. The molecule has 154 valence electrons. The maximum Gasteiger partial charge on any atom is 0.257 e. The van der Waals surface area contributed by atoms with Crippen molar-refractivity contribution in [2.24, 2.45) is 11.8 Å². The molecular weight excluding hydrogens is 372 g/mol. The second-order valence-corrected chi connectivity index (χ2v) is 7.75. The number of fused-ring (bicyclic) bond motifs is 1. The highest BCUT2D eigenvalue weighted by Crippen LogP contribution is 2.40. The van der Waals surface area contributed by atoms with Crippen LogP contribution in [0.25, 0.3) is 0 Å². The van der Waals surface area contributed by atoms with E-state index < -0.39 is 0 Å². The minimum atomic E-state index is -0.0670. The van der Waals surface area contributed by atoms with Gasteiger partial charge in [0.15, 0.2) is 11.5 Å². The van der Waals surface area contributed by atoms with Crippen LogP contribution in [0.1, 0.15) is 23.3 Å². The van der Waals surface area contributed by atoms with E-state index >= 15 is 0 Å². The maximum atomic E-state index is 12.6. The van der Waals surface area contributed by atoms with Crippen molar-refractivity contribution in [1.82, 2.24) is 9.88 Å². The molecule has 29 heavy (non-hydrogen) atoms. The van der Waals surface area contributed by atoms with E-state index in [1.54, 1.807) is 7.11 Å². The molecule has 1 aromatic heterocycles. The van der Waals surface area contributed by atoms with E-state index in [-0.39, 0.29) is 23.5 Å². The van der Waals surface area contributed by atoms with Crippen molar-refractivity contribution < 1.29 is 24.1 Å². The van der Waals surface area contributed by atoms with Gasteiger partial charge < -0.3 is 19.3 Å². The van der Waals surface area contributed by atoms with Gasteiger partial charge in [0.2, 0.25) is 0 Å². The van der Waals surface area contributed by atoms with Crippen molar-refractivity contribution in [2.45, 2.75) is 18.9 Å². The summed E-state index contributed by atoms with van der Waals surface area (Å²) in [6.45, 7) is 2.13. The molecule has 0 spiro atoms. The number of methoxy groups -OCH3 is 2. The zero-order valence-electron chi connectivity index (χ0n) is 16.7. The van der Waals surface area contributed by atoms with E-state index in [0.29, 0.717) is 24.1 Å². The normalized spacial score (nSPS) is 23.6. The van der Waals surface area contributed by atoms with Crippen LogP contribution < -0.4 is 14.2 Å². The first kappa shape index (κ1) is 19.5. The van der Waals surface area contributed by atoms with E-state index in [2.05, 4.69) is 9.88 Å². The number of hydrogen-bond acceptors (Lipinski definition) is 7. The molecule has 0 unspecified atom stereocenters. The number of pyridine rings is 1. The van der Waals surface area contributed by atoms with Crippen molar-refractivity contribution in [2.75, 3.05) is 33.9 Å². The summed E-state index contributed by atoms with van der Waals surface area (Å²) in [4.78, 5) is 18.9. The molecule has 1 aliphatic carbocycles. The summed E-state index contributed by atoms with van der Waals surface area (Å²) in [7, 11) is 3.07. The predicted molar refractivity (Wildman–Crippen MR) is 107 cm³/mol. The largest absolute Gasteiger partial charge is 0.503 e. The number of ketones is 1. The number of aromatic hydroxyl groups is 1. The first-order valence-corrected chi connectivity index (χ1v) is 9.86. The summed E-state index contributed by atoms with van der Waals surface area (Å²) >= 11 is 0. The molecule has 3 atom stereocenters. The smallest absolute Gasteiger partial charge is 0.257 e. The van der Waals surface area contributed by atoms with Gasteiger partial charge in [0, 0.05) is 13.1 Å². The van der Waals surface area contributed by atoms with Crippen LogP contribution in [0, 0.1) is 11.8 Å². The molecule has 0 amide bonds. The lowest BCUT2D eigenvalue weighted by atomic mass is 10.0. The Bertz CT molecular complexity index is 856. The lowest BCUT2D eigenvalue weighted by molar-refractivity contribution is 0.0931. The number of benzene rings is 1. The van der Waals surface area contributed by atoms with Crippen LogP contribution in [0.4, 0.5) is 0 Å². The zero-order chi connectivity index (χ0) is 20.4. The second kappa shape index (κ2) is 8.29. The van der Waals surface area contributed by atoms with Crippen molar-refractivity contribution in [3.05, 3.63) is 42.1 Å². The molecule has 2 aromatic rings. The summed E-state index contributed by atoms with van der Waals surface area (Å²) in [6, 6.07) is 10.7. The minimum absolute atomic E-state index is 0.0608. The molecular formula is C22H26N2O5. The number of hydrogen-bond donors (Lipinski definition) is 1. The molecule has 7 heteroatoms. The molecule has 1 aromatic carbocycles. The van der Waals surface area contributed by atoms with E-state index in [1.807, 2.05) is 24.3 Å². The lowest BCUT2D eigenvalue weighted by Gasteiger charge is -2.19. The van der Waals surface area contributed by atoms with Gasteiger partial charge in [-0.1, -0.05) is 0 Å². The van der Waals surface area contributed by atoms with E-state index in [0.717, 1.165) is 37.4 Å².